The van der Waals surface area contributed by atoms with E-state index in [2.05, 4.69) is 46.9 Å². The molecule has 0 unspecified atom stereocenters. The SMILES string of the molecule is CCNC(=NCc1cccc(-n2cccn2)c1)NC1CCCCC1.I. The summed E-state index contributed by atoms with van der Waals surface area (Å²) in [6.07, 6.45) is 10.3. The highest BCUT2D eigenvalue weighted by atomic mass is 127. The van der Waals surface area contributed by atoms with E-state index in [-0.39, 0.29) is 24.0 Å². The summed E-state index contributed by atoms with van der Waals surface area (Å²) < 4.78 is 1.87. The van der Waals surface area contributed by atoms with Crippen LogP contribution < -0.4 is 10.6 Å². The van der Waals surface area contributed by atoms with Gasteiger partial charge >= 0.3 is 0 Å². The van der Waals surface area contributed by atoms with Gasteiger partial charge in [-0.05, 0) is 43.5 Å². The highest BCUT2D eigenvalue weighted by Crippen LogP contribution is 2.17. The fourth-order valence-corrected chi connectivity index (χ4v) is 3.15. The summed E-state index contributed by atoms with van der Waals surface area (Å²) in [4.78, 5) is 4.77. The predicted molar refractivity (Wildman–Crippen MR) is 114 cm³/mol. The molecule has 1 aliphatic rings. The van der Waals surface area contributed by atoms with Crippen molar-refractivity contribution in [2.45, 2.75) is 51.6 Å². The Labute approximate surface area is 167 Å². The number of guanidine groups is 1. The number of hydrogen-bond acceptors (Lipinski definition) is 2. The third-order valence-electron chi connectivity index (χ3n) is 4.39. The first-order valence-corrected chi connectivity index (χ1v) is 8.99. The van der Waals surface area contributed by atoms with E-state index in [1.54, 1.807) is 6.20 Å². The molecule has 0 amide bonds. The van der Waals surface area contributed by atoms with Gasteiger partial charge in [0.2, 0.25) is 0 Å². The number of halogens is 1. The quantitative estimate of drug-likeness (QED) is 0.411. The first kappa shape index (κ1) is 19.8. The van der Waals surface area contributed by atoms with Gasteiger partial charge in [-0.25, -0.2) is 9.67 Å². The van der Waals surface area contributed by atoms with Crippen molar-refractivity contribution in [3.63, 3.8) is 0 Å². The lowest BCUT2D eigenvalue weighted by molar-refractivity contribution is 0.410. The number of rotatable bonds is 5. The van der Waals surface area contributed by atoms with Crippen molar-refractivity contribution in [1.29, 1.82) is 0 Å². The molecular formula is C19H28IN5. The number of nitrogens with zero attached hydrogens (tertiary/aromatic N) is 3. The van der Waals surface area contributed by atoms with Crippen LogP contribution in [-0.4, -0.2) is 28.3 Å². The maximum Gasteiger partial charge on any atom is 0.191 e. The van der Waals surface area contributed by atoms with Crippen LogP contribution in [-0.2, 0) is 6.54 Å². The minimum atomic E-state index is 0. The zero-order valence-electron chi connectivity index (χ0n) is 14.8. The Balaban J connectivity index is 0.00000225. The monoisotopic (exact) mass is 453 g/mol. The molecule has 3 rings (SSSR count). The molecule has 6 heteroatoms. The van der Waals surface area contributed by atoms with Gasteiger partial charge in [0, 0.05) is 25.0 Å². The van der Waals surface area contributed by atoms with Crippen molar-refractivity contribution in [3.8, 4) is 5.69 Å². The fraction of sp³-hybridized carbons (Fsp3) is 0.474. The van der Waals surface area contributed by atoms with Gasteiger partial charge in [0.15, 0.2) is 5.96 Å². The number of nitrogens with one attached hydrogen (secondary N) is 2. The summed E-state index contributed by atoms with van der Waals surface area (Å²) in [6.45, 7) is 3.65. The highest BCUT2D eigenvalue weighted by molar-refractivity contribution is 14.0. The Morgan fingerprint density at radius 3 is 2.80 bits per heavy atom. The van der Waals surface area contributed by atoms with E-state index in [0.717, 1.165) is 18.2 Å². The van der Waals surface area contributed by atoms with Crippen molar-refractivity contribution in [1.82, 2.24) is 20.4 Å². The Bertz CT molecular complexity index is 648. The van der Waals surface area contributed by atoms with Crippen molar-refractivity contribution in [2.24, 2.45) is 4.99 Å². The lowest BCUT2D eigenvalue weighted by atomic mass is 9.96. The molecule has 0 bridgehead atoms. The normalized spacial score (nSPS) is 15.5. The number of aliphatic imine (C=N–C) groups is 1. The van der Waals surface area contributed by atoms with Crippen LogP contribution in [0.25, 0.3) is 5.69 Å². The highest BCUT2D eigenvalue weighted by Gasteiger charge is 2.14. The molecule has 1 aromatic carbocycles. The van der Waals surface area contributed by atoms with Crippen molar-refractivity contribution in [3.05, 3.63) is 48.3 Å². The summed E-state index contributed by atoms with van der Waals surface area (Å²) in [7, 11) is 0. The third-order valence-corrected chi connectivity index (χ3v) is 4.39. The Kier molecular flexibility index (Phi) is 8.24. The molecule has 2 N–H and O–H groups in total. The number of benzene rings is 1. The maximum atomic E-state index is 4.77. The Morgan fingerprint density at radius 1 is 1.24 bits per heavy atom. The fourth-order valence-electron chi connectivity index (χ4n) is 3.15. The Hall–Kier alpha value is -1.57. The molecule has 1 aliphatic carbocycles. The van der Waals surface area contributed by atoms with Crippen LogP contribution in [0.3, 0.4) is 0 Å². The first-order valence-electron chi connectivity index (χ1n) is 8.99. The third kappa shape index (κ3) is 6.02. The van der Waals surface area contributed by atoms with Crippen LogP contribution in [0.1, 0.15) is 44.6 Å². The molecule has 5 nitrogen and oxygen atoms in total. The molecule has 1 fully saturated rings. The molecule has 2 aromatic rings. The molecular weight excluding hydrogens is 425 g/mol. The standard InChI is InChI=1S/C19H27N5.HI/c1-2-20-19(23-17-9-4-3-5-10-17)21-15-16-8-6-11-18(14-16)24-13-7-12-22-24;/h6-8,11-14,17H,2-5,9-10,15H2,1H3,(H2,20,21,23);1H. The largest absolute Gasteiger partial charge is 0.357 e. The van der Waals surface area contributed by atoms with Crippen LogP contribution in [0.5, 0.6) is 0 Å². The number of hydrogen-bond donors (Lipinski definition) is 2. The molecule has 0 radical (unpaired) electrons. The van der Waals surface area contributed by atoms with Gasteiger partial charge < -0.3 is 10.6 Å². The van der Waals surface area contributed by atoms with Gasteiger partial charge in [0.25, 0.3) is 0 Å². The lowest BCUT2D eigenvalue weighted by Gasteiger charge is -2.24. The van der Waals surface area contributed by atoms with Crippen LogP contribution in [0, 0.1) is 0 Å². The van der Waals surface area contributed by atoms with Gasteiger partial charge in [-0.2, -0.15) is 5.10 Å². The average Bonchev–Trinajstić information content (AvgIpc) is 3.16. The molecule has 1 saturated carbocycles. The summed E-state index contributed by atoms with van der Waals surface area (Å²) >= 11 is 0. The minimum absolute atomic E-state index is 0. The minimum Gasteiger partial charge on any atom is -0.357 e. The second-order valence-corrected chi connectivity index (χ2v) is 6.29. The van der Waals surface area contributed by atoms with E-state index in [1.165, 1.54) is 37.7 Å². The van der Waals surface area contributed by atoms with E-state index >= 15 is 0 Å². The van der Waals surface area contributed by atoms with E-state index in [4.69, 9.17) is 4.99 Å². The van der Waals surface area contributed by atoms with Crippen LogP contribution >= 0.6 is 24.0 Å². The van der Waals surface area contributed by atoms with Crippen LogP contribution in [0.15, 0.2) is 47.7 Å². The first-order chi connectivity index (χ1) is 11.8. The average molecular weight is 453 g/mol. The molecule has 25 heavy (non-hydrogen) atoms. The van der Waals surface area contributed by atoms with Gasteiger partial charge in [0.05, 0.1) is 12.2 Å². The molecule has 136 valence electrons. The second kappa shape index (κ2) is 10.4. The lowest BCUT2D eigenvalue weighted by Crippen LogP contribution is -2.44. The van der Waals surface area contributed by atoms with Crippen LogP contribution in [0.4, 0.5) is 0 Å². The zero-order valence-corrected chi connectivity index (χ0v) is 17.1. The van der Waals surface area contributed by atoms with Gasteiger partial charge in [-0.3, -0.25) is 0 Å². The second-order valence-electron chi connectivity index (χ2n) is 6.29. The van der Waals surface area contributed by atoms with E-state index in [9.17, 15) is 0 Å². The zero-order chi connectivity index (χ0) is 16.6. The smallest absolute Gasteiger partial charge is 0.191 e. The predicted octanol–water partition coefficient (Wildman–Crippen LogP) is 3.88. The molecule has 0 atom stereocenters. The molecule has 0 saturated heterocycles. The summed E-state index contributed by atoms with van der Waals surface area (Å²) in [5.74, 6) is 0.925. The summed E-state index contributed by atoms with van der Waals surface area (Å²) in [5, 5.41) is 11.2. The summed E-state index contributed by atoms with van der Waals surface area (Å²) in [5.41, 5.74) is 2.25. The molecule has 1 aromatic heterocycles. The number of aromatic nitrogens is 2. The van der Waals surface area contributed by atoms with Gasteiger partial charge in [0.1, 0.15) is 0 Å². The van der Waals surface area contributed by atoms with Gasteiger partial charge in [-0.1, -0.05) is 31.4 Å². The van der Waals surface area contributed by atoms with E-state index in [0.29, 0.717) is 12.6 Å². The Morgan fingerprint density at radius 2 is 2.08 bits per heavy atom. The van der Waals surface area contributed by atoms with Crippen molar-refractivity contribution < 1.29 is 0 Å². The van der Waals surface area contributed by atoms with E-state index < -0.39 is 0 Å². The molecule has 0 aliphatic heterocycles. The maximum absolute atomic E-state index is 4.77. The molecule has 1 heterocycles. The van der Waals surface area contributed by atoms with E-state index in [1.807, 2.05) is 16.9 Å². The summed E-state index contributed by atoms with van der Waals surface area (Å²) in [6, 6.07) is 10.9. The van der Waals surface area contributed by atoms with Crippen molar-refractivity contribution >= 4 is 29.9 Å². The van der Waals surface area contributed by atoms with Crippen molar-refractivity contribution in [2.75, 3.05) is 6.54 Å². The molecule has 0 spiro atoms. The topological polar surface area (TPSA) is 54.2 Å². The van der Waals surface area contributed by atoms with Crippen LogP contribution in [0.2, 0.25) is 0 Å². The van der Waals surface area contributed by atoms with Gasteiger partial charge in [-0.15, -0.1) is 24.0 Å².